The summed E-state index contributed by atoms with van der Waals surface area (Å²) >= 11 is 1.55. The molecule has 0 spiro atoms. The second kappa shape index (κ2) is 5.21. The molecule has 0 saturated carbocycles. The number of hydrogen-bond donors (Lipinski definition) is 1. The second-order valence-electron chi connectivity index (χ2n) is 3.57. The zero-order valence-corrected chi connectivity index (χ0v) is 10.5. The normalized spacial score (nSPS) is 12.2. The highest BCUT2D eigenvalue weighted by Crippen LogP contribution is 2.33. The molecule has 17 heavy (non-hydrogen) atoms. The van der Waals surface area contributed by atoms with Crippen molar-refractivity contribution in [1.29, 1.82) is 0 Å². The lowest BCUT2D eigenvalue weighted by Gasteiger charge is -2.15. The maximum absolute atomic E-state index is 10.3. The van der Waals surface area contributed by atoms with Crippen LogP contribution in [-0.2, 0) is 0 Å². The van der Waals surface area contributed by atoms with Gasteiger partial charge in [-0.05, 0) is 40.6 Å². The molecule has 0 bridgehead atoms. The highest BCUT2D eigenvalue weighted by molar-refractivity contribution is 7.07. The van der Waals surface area contributed by atoms with Gasteiger partial charge in [0, 0.05) is 5.56 Å². The van der Waals surface area contributed by atoms with E-state index in [2.05, 4.69) is 0 Å². The Labute approximate surface area is 104 Å². The van der Waals surface area contributed by atoms with Gasteiger partial charge in [-0.25, -0.2) is 0 Å². The van der Waals surface area contributed by atoms with E-state index in [0.29, 0.717) is 17.1 Å². The van der Waals surface area contributed by atoms with Gasteiger partial charge in [0.15, 0.2) is 0 Å². The lowest BCUT2D eigenvalue weighted by atomic mass is 10.0. The van der Waals surface area contributed by atoms with Gasteiger partial charge < -0.3 is 14.6 Å². The second-order valence-corrected chi connectivity index (χ2v) is 4.35. The van der Waals surface area contributed by atoms with E-state index in [1.165, 1.54) is 0 Å². The Kier molecular flexibility index (Phi) is 3.66. The molecule has 0 saturated heterocycles. The molecule has 4 heteroatoms. The van der Waals surface area contributed by atoms with E-state index >= 15 is 0 Å². The van der Waals surface area contributed by atoms with Crippen LogP contribution in [0.25, 0.3) is 0 Å². The summed E-state index contributed by atoms with van der Waals surface area (Å²) in [5.74, 6) is 1.36. The van der Waals surface area contributed by atoms with Crippen LogP contribution in [0.15, 0.2) is 35.0 Å². The summed E-state index contributed by atoms with van der Waals surface area (Å²) in [4.78, 5) is 0. The van der Waals surface area contributed by atoms with E-state index in [4.69, 9.17) is 9.47 Å². The van der Waals surface area contributed by atoms with E-state index in [-0.39, 0.29) is 0 Å². The van der Waals surface area contributed by atoms with Crippen molar-refractivity contribution in [3.63, 3.8) is 0 Å². The predicted octanol–water partition coefficient (Wildman–Crippen LogP) is 2.85. The maximum atomic E-state index is 10.3. The molecule has 1 aromatic carbocycles. The molecule has 1 unspecified atom stereocenters. The van der Waals surface area contributed by atoms with Crippen molar-refractivity contribution in [1.82, 2.24) is 0 Å². The SMILES string of the molecule is COc1ccc(OC)c(C(O)c2ccsc2)c1. The van der Waals surface area contributed by atoms with Crippen LogP contribution < -0.4 is 9.47 Å². The summed E-state index contributed by atoms with van der Waals surface area (Å²) in [6.07, 6.45) is -0.689. The van der Waals surface area contributed by atoms with Crippen molar-refractivity contribution in [2.75, 3.05) is 14.2 Å². The molecular formula is C13H14O3S. The molecule has 1 aromatic heterocycles. The largest absolute Gasteiger partial charge is 0.497 e. The fourth-order valence-corrected chi connectivity index (χ4v) is 2.34. The summed E-state index contributed by atoms with van der Waals surface area (Å²) in [6.45, 7) is 0. The van der Waals surface area contributed by atoms with Gasteiger partial charge in [-0.3, -0.25) is 0 Å². The fraction of sp³-hybridized carbons (Fsp3) is 0.231. The first-order valence-corrected chi connectivity index (χ1v) is 6.12. The van der Waals surface area contributed by atoms with Crippen molar-refractivity contribution >= 4 is 11.3 Å². The number of methoxy groups -OCH3 is 2. The first kappa shape index (κ1) is 12.0. The summed E-state index contributed by atoms with van der Waals surface area (Å²) in [6, 6.07) is 7.29. The third-order valence-electron chi connectivity index (χ3n) is 2.59. The minimum absolute atomic E-state index is 0.657. The topological polar surface area (TPSA) is 38.7 Å². The van der Waals surface area contributed by atoms with Gasteiger partial charge in [-0.15, -0.1) is 0 Å². The maximum Gasteiger partial charge on any atom is 0.125 e. The Bertz CT molecular complexity index is 479. The lowest BCUT2D eigenvalue weighted by molar-refractivity contribution is 0.214. The summed E-state index contributed by atoms with van der Waals surface area (Å²) in [7, 11) is 3.19. The summed E-state index contributed by atoms with van der Waals surface area (Å²) in [5, 5.41) is 14.1. The van der Waals surface area contributed by atoms with Gasteiger partial charge in [0.1, 0.15) is 17.6 Å². The van der Waals surface area contributed by atoms with Crippen molar-refractivity contribution in [2.45, 2.75) is 6.10 Å². The first-order chi connectivity index (χ1) is 8.26. The first-order valence-electron chi connectivity index (χ1n) is 5.18. The molecule has 0 radical (unpaired) electrons. The molecular weight excluding hydrogens is 236 g/mol. The molecule has 0 aliphatic carbocycles. The van der Waals surface area contributed by atoms with Crippen molar-refractivity contribution in [3.8, 4) is 11.5 Å². The molecule has 0 aliphatic rings. The van der Waals surface area contributed by atoms with Crippen LogP contribution in [-0.4, -0.2) is 19.3 Å². The van der Waals surface area contributed by atoms with Crippen LogP contribution in [0.4, 0.5) is 0 Å². The zero-order valence-electron chi connectivity index (χ0n) is 9.71. The van der Waals surface area contributed by atoms with Gasteiger partial charge in [-0.2, -0.15) is 11.3 Å². The lowest BCUT2D eigenvalue weighted by Crippen LogP contribution is -2.01. The monoisotopic (exact) mass is 250 g/mol. The van der Waals surface area contributed by atoms with Crippen LogP contribution >= 0.6 is 11.3 Å². The minimum Gasteiger partial charge on any atom is -0.497 e. The number of hydrogen-bond acceptors (Lipinski definition) is 4. The molecule has 1 heterocycles. The number of aliphatic hydroxyl groups is 1. The van der Waals surface area contributed by atoms with Crippen LogP contribution in [0.2, 0.25) is 0 Å². The molecule has 0 amide bonds. The molecule has 2 aromatic rings. The Morgan fingerprint density at radius 2 is 2.00 bits per heavy atom. The molecule has 2 rings (SSSR count). The number of ether oxygens (including phenoxy) is 2. The molecule has 3 nitrogen and oxygen atoms in total. The van der Waals surface area contributed by atoms with Crippen LogP contribution in [0, 0.1) is 0 Å². The highest BCUT2D eigenvalue weighted by atomic mass is 32.1. The van der Waals surface area contributed by atoms with Gasteiger partial charge in [0.25, 0.3) is 0 Å². The van der Waals surface area contributed by atoms with Crippen LogP contribution in [0.3, 0.4) is 0 Å². The molecule has 1 N–H and O–H groups in total. The van der Waals surface area contributed by atoms with Crippen molar-refractivity contribution in [2.24, 2.45) is 0 Å². The molecule has 0 fully saturated rings. The van der Waals surface area contributed by atoms with Gasteiger partial charge in [-0.1, -0.05) is 0 Å². The van der Waals surface area contributed by atoms with Crippen LogP contribution in [0.1, 0.15) is 17.2 Å². The molecule has 90 valence electrons. The van der Waals surface area contributed by atoms with E-state index in [0.717, 1.165) is 5.56 Å². The van der Waals surface area contributed by atoms with Crippen molar-refractivity contribution in [3.05, 3.63) is 46.2 Å². The third kappa shape index (κ3) is 2.43. The predicted molar refractivity (Wildman–Crippen MR) is 67.9 cm³/mol. The highest BCUT2D eigenvalue weighted by Gasteiger charge is 2.16. The van der Waals surface area contributed by atoms with Gasteiger partial charge in [0.05, 0.1) is 14.2 Å². The Hall–Kier alpha value is -1.52. The average molecular weight is 250 g/mol. The van der Waals surface area contributed by atoms with E-state index in [1.807, 2.05) is 22.9 Å². The standard InChI is InChI=1S/C13H14O3S/c1-15-10-3-4-12(16-2)11(7-10)13(14)9-5-6-17-8-9/h3-8,13-14H,1-2H3. The van der Waals surface area contributed by atoms with E-state index < -0.39 is 6.10 Å². The Morgan fingerprint density at radius 3 is 2.59 bits per heavy atom. The third-order valence-corrected chi connectivity index (χ3v) is 3.29. The molecule has 1 atom stereocenters. The average Bonchev–Trinajstić information content (AvgIpc) is 2.91. The zero-order chi connectivity index (χ0) is 12.3. The molecule has 0 aliphatic heterocycles. The number of thiophene rings is 1. The number of aliphatic hydroxyl groups excluding tert-OH is 1. The van der Waals surface area contributed by atoms with Crippen LogP contribution in [0.5, 0.6) is 11.5 Å². The van der Waals surface area contributed by atoms with Gasteiger partial charge >= 0.3 is 0 Å². The fourth-order valence-electron chi connectivity index (χ4n) is 1.66. The number of benzene rings is 1. The number of rotatable bonds is 4. The van der Waals surface area contributed by atoms with Gasteiger partial charge in [0.2, 0.25) is 0 Å². The summed E-state index contributed by atoms with van der Waals surface area (Å²) < 4.78 is 10.4. The Balaban J connectivity index is 2.41. The Morgan fingerprint density at radius 1 is 1.18 bits per heavy atom. The van der Waals surface area contributed by atoms with E-state index in [9.17, 15) is 5.11 Å². The van der Waals surface area contributed by atoms with Crippen molar-refractivity contribution < 1.29 is 14.6 Å². The minimum atomic E-state index is -0.689. The smallest absolute Gasteiger partial charge is 0.125 e. The summed E-state index contributed by atoms with van der Waals surface area (Å²) in [5.41, 5.74) is 1.58. The quantitative estimate of drug-likeness (QED) is 0.906. The van der Waals surface area contributed by atoms with E-state index in [1.54, 1.807) is 37.7 Å².